The third-order valence-corrected chi connectivity index (χ3v) is 2.79. The standard InChI is InChI=1S/C11H9ClN4OS/c12-7-1-2-9(8(3-7)11(14)18)16-5-6(4-15-16)10(13)17/h1-5H,(H2,13,17)(H2,14,18). The highest BCUT2D eigenvalue weighted by Gasteiger charge is 2.11. The largest absolute Gasteiger partial charge is 0.389 e. The molecule has 0 unspecified atom stereocenters. The predicted molar refractivity (Wildman–Crippen MR) is 73.0 cm³/mol. The van der Waals surface area contributed by atoms with Crippen LogP contribution >= 0.6 is 23.8 Å². The number of thiocarbonyl (C=S) groups is 1. The molecule has 2 aromatic rings. The Morgan fingerprint density at radius 1 is 1.39 bits per heavy atom. The van der Waals surface area contributed by atoms with E-state index in [9.17, 15) is 4.79 Å². The minimum atomic E-state index is -0.549. The van der Waals surface area contributed by atoms with Crippen molar-refractivity contribution in [3.05, 3.63) is 46.7 Å². The second-order valence-electron chi connectivity index (χ2n) is 3.56. The van der Waals surface area contributed by atoms with Crippen LogP contribution in [0.2, 0.25) is 5.02 Å². The van der Waals surface area contributed by atoms with Crippen LogP contribution in [-0.2, 0) is 0 Å². The number of carbonyl (C=O) groups is 1. The number of amides is 1. The molecule has 0 atom stereocenters. The number of nitrogens with zero attached hydrogens (tertiary/aromatic N) is 2. The second-order valence-corrected chi connectivity index (χ2v) is 4.44. The molecule has 0 aliphatic rings. The maximum absolute atomic E-state index is 11.0. The monoisotopic (exact) mass is 280 g/mol. The Balaban J connectivity index is 2.55. The van der Waals surface area contributed by atoms with E-state index in [0.717, 1.165) is 0 Å². The molecule has 0 saturated carbocycles. The molecule has 5 nitrogen and oxygen atoms in total. The quantitative estimate of drug-likeness (QED) is 0.829. The lowest BCUT2D eigenvalue weighted by molar-refractivity contribution is 0.100. The van der Waals surface area contributed by atoms with Crippen molar-refractivity contribution in [2.45, 2.75) is 0 Å². The summed E-state index contributed by atoms with van der Waals surface area (Å²) in [5.41, 5.74) is 12.3. The van der Waals surface area contributed by atoms with Crippen LogP contribution in [-0.4, -0.2) is 20.7 Å². The van der Waals surface area contributed by atoms with E-state index in [1.165, 1.54) is 17.1 Å². The highest BCUT2D eigenvalue weighted by Crippen LogP contribution is 2.19. The number of rotatable bonds is 3. The van der Waals surface area contributed by atoms with Gasteiger partial charge in [-0.2, -0.15) is 5.10 Å². The highest BCUT2D eigenvalue weighted by atomic mass is 35.5. The fourth-order valence-corrected chi connectivity index (χ4v) is 1.82. The normalized spacial score (nSPS) is 10.3. The Bertz CT molecular complexity index is 638. The molecular weight excluding hydrogens is 272 g/mol. The van der Waals surface area contributed by atoms with Gasteiger partial charge in [-0.25, -0.2) is 4.68 Å². The average Bonchev–Trinajstić information content (AvgIpc) is 2.78. The van der Waals surface area contributed by atoms with Gasteiger partial charge in [0.2, 0.25) is 0 Å². The van der Waals surface area contributed by atoms with Crippen LogP contribution < -0.4 is 11.5 Å². The van der Waals surface area contributed by atoms with Crippen molar-refractivity contribution in [3.8, 4) is 5.69 Å². The minimum absolute atomic E-state index is 0.198. The molecular formula is C11H9ClN4OS. The van der Waals surface area contributed by atoms with Gasteiger partial charge in [-0.3, -0.25) is 4.79 Å². The van der Waals surface area contributed by atoms with Crippen LogP contribution in [0, 0.1) is 0 Å². The number of hydrogen-bond acceptors (Lipinski definition) is 3. The third kappa shape index (κ3) is 2.34. The van der Waals surface area contributed by atoms with Crippen molar-refractivity contribution in [3.63, 3.8) is 0 Å². The van der Waals surface area contributed by atoms with Crippen molar-refractivity contribution in [1.82, 2.24) is 9.78 Å². The number of hydrogen-bond donors (Lipinski definition) is 2. The van der Waals surface area contributed by atoms with Crippen molar-refractivity contribution in [2.24, 2.45) is 11.5 Å². The fraction of sp³-hybridized carbons (Fsp3) is 0. The van der Waals surface area contributed by atoms with E-state index in [2.05, 4.69) is 5.10 Å². The highest BCUT2D eigenvalue weighted by molar-refractivity contribution is 7.80. The molecule has 0 fully saturated rings. The zero-order chi connectivity index (χ0) is 13.3. The van der Waals surface area contributed by atoms with Crippen molar-refractivity contribution in [2.75, 3.05) is 0 Å². The van der Waals surface area contributed by atoms with Gasteiger partial charge in [0.25, 0.3) is 5.91 Å². The molecule has 18 heavy (non-hydrogen) atoms. The number of carbonyl (C=O) groups excluding carboxylic acids is 1. The molecule has 1 heterocycles. The van der Waals surface area contributed by atoms with Gasteiger partial charge in [-0.15, -0.1) is 0 Å². The molecule has 0 radical (unpaired) electrons. The van der Waals surface area contributed by atoms with E-state index in [4.69, 9.17) is 35.3 Å². The minimum Gasteiger partial charge on any atom is -0.389 e. The van der Waals surface area contributed by atoms with Crippen LogP contribution in [0.1, 0.15) is 15.9 Å². The molecule has 0 aliphatic carbocycles. The van der Waals surface area contributed by atoms with Gasteiger partial charge < -0.3 is 11.5 Å². The lowest BCUT2D eigenvalue weighted by Crippen LogP contribution is -2.14. The van der Waals surface area contributed by atoms with Gasteiger partial charge in [0.05, 0.1) is 17.4 Å². The zero-order valence-electron chi connectivity index (χ0n) is 9.13. The molecule has 0 bridgehead atoms. The molecule has 0 aliphatic heterocycles. The van der Waals surface area contributed by atoms with Gasteiger partial charge in [0.1, 0.15) is 4.99 Å². The first-order chi connectivity index (χ1) is 8.49. The first-order valence-corrected chi connectivity index (χ1v) is 5.72. The maximum atomic E-state index is 11.0. The summed E-state index contributed by atoms with van der Waals surface area (Å²) in [4.78, 5) is 11.2. The molecule has 0 saturated heterocycles. The van der Waals surface area contributed by atoms with Gasteiger partial charge >= 0.3 is 0 Å². The molecule has 1 amide bonds. The number of aromatic nitrogens is 2. The maximum Gasteiger partial charge on any atom is 0.251 e. The van der Waals surface area contributed by atoms with Gasteiger partial charge in [-0.05, 0) is 18.2 Å². The molecule has 1 aromatic carbocycles. The van der Waals surface area contributed by atoms with Crippen molar-refractivity contribution < 1.29 is 4.79 Å². The van der Waals surface area contributed by atoms with E-state index in [-0.39, 0.29) is 4.99 Å². The average molecular weight is 281 g/mol. The van der Waals surface area contributed by atoms with Crippen LogP contribution in [0.4, 0.5) is 0 Å². The molecule has 2 rings (SSSR count). The molecule has 1 aromatic heterocycles. The summed E-state index contributed by atoms with van der Waals surface area (Å²) in [5, 5.41) is 4.56. The third-order valence-electron chi connectivity index (χ3n) is 2.34. The van der Waals surface area contributed by atoms with E-state index in [1.807, 2.05) is 0 Å². The number of nitrogens with two attached hydrogens (primary N) is 2. The lowest BCUT2D eigenvalue weighted by Gasteiger charge is -2.08. The number of halogens is 1. The first kappa shape index (κ1) is 12.5. The van der Waals surface area contributed by atoms with E-state index >= 15 is 0 Å². The smallest absolute Gasteiger partial charge is 0.251 e. The summed E-state index contributed by atoms with van der Waals surface area (Å²) in [6, 6.07) is 5.05. The number of benzene rings is 1. The second kappa shape index (κ2) is 4.75. The molecule has 4 N–H and O–H groups in total. The SMILES string of the molecule is NC(=O)c1cnn(-c2ccc(Cl)cc2C(N)=S)c1. The van der Waals surface area contributed by atoms with Gasteiger partial charge in [0.15, 0.2) is 0 Å². The Morgan fingerprint density at radius 3 is 2.67 bits per heavy atom. The topological polar surface area (TPSA) is 86.9 Å². The number of primary amides is 1. The Labute approximate surface area is 113 Å². The van der Waals surface area contributed by atoms with Gasteiger partial charge in [0, 0.05) is 16.8 Å². The van der Waals surface area contributed by atoms with Gasteiger partial charge in [-0.1, -0.05) is 23.8 Å². The fourth-order valence-electron chi connectivity index (χ4n) is 1.49. The van der Waals surface area contributed by atoms with Crippen LogP contribution in [0.25, 0.3) is 5.69 Å². The van der Waals surface area contributed by atoms with E-state index in [0.29, 0.717) is 21.8 Å². The first-order valence-electron chi connectivity index (χ1n) is 4.93. The van der Waals surface area contributed by atoms with E-state index in [1.54, 1.807) is 18.2 Å². The zero-order valence-corrected chi connectivity index (χ0v) is 10.7. The summed E-state index contributed by atoms with van der Waals surface area (Å²) in [6.45, 7) is 0. The van der Waals surface area contributed by atoms with E-state index < -0.39 is 5.91 Å². The van der Waals surface area contributed by atoms with Crippen molar-refractivity contribution in [1.29, 1.82) is 0 Å². The summed E-state index contributed by atoms with van der Waals surface area (Å²) >= 11 is 10.8. The lowest BCUT2D eigenvalue weighted by atomic mass is 10.2. The van der Waals surface area contributed by atoms with Crippen LogP contribution in [0.15, 0.2) is 30.6 Å². The molecule has 92 valence electrons. The Morgan fingerprint density at radius 2 is 2.11 bits per heavy atom. The Hall–Kier alpha value is -1.92. The van der Waals surface area contributed by atoms with Crippen LogP contribution in [0.3, 0.4) is 0 Å². The van der Waals surface area contributed by atoms with Crippen molar-refractivity contribution >= 4 is 34.7 Å². The van der Waals surface area contributed by atoms with Crippen LogP contribution in [0.5, 0.6) is 0 Å². The molecule has 0 spiro atoms. The summed E-state index contributed by atoms with van der Waals surface area (Å²) < 4.78 is 1.48. The summed E-state index contributed by atoms with van der Waals surface area (Å²) in [6.07, 6.45) is 2.88. The Kier molecular flexibility index (Phi) is 3.31. The molecule has 7 heteroatoms. The predicted octanol–water partition coefficient (Wildman–Crippen LogP) is 1.26. The summed E-state index contributed by atoms with van der Waals surface area (Å²) in [7, 11) is 0. The summed E-state index contributed by atoms with van der Waals surface area (Å²) in [5.74, 6) is -0.549.